The first-order valence-corrected chi connectivity index (χ1v) is 2.19. The van der Waals surface area contributed by atoms with Crippen molar-refractivity contribution in [2.24, 2.45) is 0 Å². The molecule has 0 amide bonds. The zero-order chi connectivity index (χ0) is 4.50. The summed E-state index contributed by atoms with van der Waals surface area (Å²) >= 11 is 0. The summed E-state index contributed by atoms with van der Waals surface area (Å²) in [6.45, 7) is 0. The monoisotopic (exact) mass is 215 g/mol. The average molecular weight is 215 g/mol. The van der Waals surface area contributed by atoms with Gasteiger partial charge in [0.15, 0.2) is 0 Å². The largest absolute Gasteiger partial charge is 3.00 e. The Morgan fingerprint density at radius 1 is 1.14 bits per heavy atom. The van der Waals surface area contributed by atoms with Crippen LogP contribution in [0.5, 0.6) is 0 Å². The van der Waals surface area contributed by atoms with Crippen LogP contribution >= 0.6 is 7.82 Å². The standard InChI is InChI=1S/Al.Nb.H3O4P/c;;1-5(2,3)4/h;;(H3,1,2,3,4)/q+3;+2;/p-3. The zero-order valence-corrected chi connectivity index (χ0v) is 7.35. The summed E-state index contributed by atoms with van der Waals surface area (Å²) in [5.74, 6) is 0. The normalized spacial score (nSPS) is 8.43. The van der Waals surface area contributed by atoms with E-state index in [0.717, 1.165) is 0 Å². The second kappa shape index (κ2) is 5.52. The molecular weight excluding hydrogens is 215 g/mol. The van der Waals surface area contributed by atoms with E-state index in [4.69, 9.17) is 19.2 Å². The summed E-state index contributed by atoms with van der Waals surface area (Å²) in [6, 6.07) is 0. The average Bonchev–Trinajstić information content (AvgIpc) is 0.722. The molecule has 0 aliphatic carbocycles. The summed E-state index contributed by atoms with van der Waals surface area (Å²) < 4.78 is 8.55. The van der Waals surface area contributed by atoms with Crippen LogP contribution < -0.4 is 14.7 Å². The third kappa shape index (κ3) is 112. The molecule has 0 fully saturated rings. The minimum atomic E-state index is -5.39. The van der Waals surface area contributed by atoms with E-state index in [-0.39, 0.29) is 39.7 Å². The molecule has 35 valence electrons. The van der Waals surface area contributed by atoms with Crippen LogP contribution in [0.1, 0.15) is 0 Å². The quantitative estimate of drug-likeness (QED) is 0.314. The van der Waals surface area contributed by atoms with Crippen LogP contribution in [0.2, 0.25) is 0 Å². The predicted octanol–water partition coefficient (Wildman–Crippen LogP) is -3.21. The van der Waals surface area contributed by atoms with Gasteiger partial charge in [0.05, 0.1) is 0 Å². The Kier molecular flexibility index (Phi) is 12.4. The number of phosphoric acid groups is 1. The van der Waals surface area contributed by atoms with E-state index in [9.17, 15) is 0 Å². The van der Waals surface area contributed by atoms with Crippen molar-refractivity contribution in [3.63, 3.8) is 0 Å². The SMILES string of the molecule is O=P([O-])([O-])[O-].[Al+3].[Nb+2]. The van der Waals surface area contributed by atoms with Crippen LogP contribution in [0.4, 0.5) is 0 Å². The molecule has 0 spiro atoms. The van der Waals surface area contributed by atoms with Gasteiger partial charge in [-0.2, -0.15) is 7.82 Å². The van der Waals surface area contributed by atoms with Gasteiger partial charge in [-0.1, -0.05) is 0 Å². The Balaban J connectivity index is -0.0000000800. The first-order valence-electron chi connectivity index (χ1n) is 0.730. The molecule has 7 heavy (non-hydrogen) atoms. The summed E-state index contributed by atoms with van der Waals surface area (Å²) in [5, 5.41) is 0. The molecular formula is AlNbO4P+2. The van der Waals surface area contributed by atoms with Crippen LogP contribution in [0.25, 0.3) is 0 Å². The Bertz CT molecular complexity index is 57.8. The van der Waals surface area contributed by atoms with Gasteiger partial charge in [0.2, 0.25) is 0 Å². The molecule has 0 saturated carbocycles. The molecule has 0 atom stereocenters. The van der Waals surface area contributed by atoms with Crippen LogP contribution in [-0.4, -0.2) is 17.4 Å². The van der Waals surface area contributed by atoms with Gasteiger partial charge >= 0.3 is 39.7 Å². The molecule has 0 aromatic heterocycles. The maximum Gasteiger partial charge on any atom is 3.00 e. The number of rotatable bonds is 0. The van der Waals surface area contributed by atoms with Crippen LogP contribution in [0, 0.1) is 0 Å². The topological polar surface area (TPSA) is 86.2 Å². The van der Waals surface area contributed by atoms with Crippen LogP contribution in [0.15, 0.2) is 0 Å². The molecule has 0 heterocycles. The van der Waals surface area contributed by atoms with Crippen molar-refractivity contribution in [2.75, 3.05) is 0 Å². The third-order valence-electron chi connectivity index (χ3n) is 0. The number of hydrogen-bond donors (Lipinski definition) is 0. The minimum Gasteiger partial charge on any atom is -0.822 e. The van der Waals surface area contributed by atoms with E-state index >= 15 is 0 Å². The van der Waals surface area contributed by atoms with Crippen molar-refractivity contribution in [2.45, 2.75) is 0 Å². The summed E-state index contributed by atoms with van der Waals surface area (Å²) in [4.78, 5) is 25.6. The summed E-state index contributed by atoms with van der Waals surface area (Å²) in [6.07, 6.45) is 0. The van der Waals surface area contributed by atoms with Gasteiger partial charge in [-0.25, -0.2) is 0 Å². The fourth-order valence-electron chi connectivity index (χ4n) is 0. The van der Waals surface area contributed by atoms with Gasteiger partial charge in [-0.15, -0.1) is 0 Å². The molecule has 0 unspecified atom stereocenters. The molecule has 4 nitrogen and oxygen atoms in total. The molecule has 1 radical (unpaired) electrons. The van der Waals surface area contributed by atoms with E-state index < -0.39 is 7.82 Å². The van der Waals surface area contributed by atoms with E-state index in [1.54, 1.807) is 0 Å². The fraction of sp³-hybridized carbons (Fsp3) is 0. The fourth-order valence-corrected chi connectivity index (χ4v) is 0. The van der Waals surface area contributed by atoms with Crippen LogP contribution in [-0.2, 0) is 26.9 Å². The van der Waals surface area contributed by atoms with Crippen molar-refractivity contribution in [3.8, 4) is 0 Å². The predicted molar refractivity (Wildman–Crippen MR) is 13.4 cm³/mol. The van der Waals surface area contributed by atoms with E-state index in [2.05, 4.69) is 0 Å². The van der Waals surface area contributed by atoms with E-state index in [1.165, 1.54) is 0 Å². The van der Waals surface area contributed by atoms with Crippen molar-refractivity contribution >= 4 is 25.2 Å². The molecule has 7 heteroatoms. The number of hydrogen-bond acceptors (Lipinski definition) is 4. The first-order chi connectivity index (χ1) is 2.00. The molecule has 0 aliphatic rings. The maximum atomic E-state index is 8.55. The molecule has 0 saturated heterocycles. The molecule has 0 aromatic carbocycles. The second-order valence-electron chi connectivity index (χ2n) is 0.447. The van der Waals surface area contributed by atoms with Crippen LogP contribution in [0.3, 0.4) is 0 Å². The summed E-state index contributed by atoms with van der Waals surface area (Å²) in [5.41, 5.74) is 0. The third-order valence-corrected chi connectivity index (χ3v) is 0. The minimum absolute atomic E-state index is 0. The molecule has 0 rings (SSSR count). The molecule has 0 aliphatic heterocycles. The van der Waals surface area contributed by atoms with E-state index in [0.29, 0.717) is 0 Å². The molecule has 0 bridgehead atoms. The Morgan fingerprint density at radius 2 is 1.14 bits per heavy atom. The van der Waals surface area contributed by atoms with Gasteiger partial charge in [0.1, 0.15) is 0 Å². The zero-order valence-electron chi connectivity index (χ0n) is 3.10. The smallest absolute Gasteiger partial charge is 0.822 e. The van der Waals surface area contributed by atoms with Crippen molar-refractivity contribution in [1.82, 2.24) is 0 Å². The van der Waals surface area contributed by atoms with Gasteiger partial charge in [0, 0.05) is 0 Å². The van der Waals surface area contributed by atoms with Gasteiger partial charge in [-0.3, -0.25) is 0 Å². The van der Waals surface area contributed by atoms with Crippen molar-refractivity contribution in [3.05, 3.63) is 0 Å². The van der Waals surface area contributed by atoms with E-state index in [1.807, 2.05) is 0 Å². The Hall–Kier alpha value is 1.38. The Labute approximate surface area is 66.8 Å². The first kappa shape index (κ1) is 15.8. The van der Waals surface area contributed by atoms with Crippen molar-refractivity contribution < 1.29 is 41.6 Å². The molecule has 0 N–H and O–H groups in total. The van der Waals surface area contributed by atoms with Gasteiger partial charge in [0.25, 0.3) is 0 Å². The van der Waals surface area contributed by atoms with Gasteiger partial charge < -0.3 is 19.2 Å². The Morgan fingerprint density at radius 3 is 1.14 bits per heavy atom. The van der Waals surface area contributed by atoms with Crippen molar-refractivity contribution in [1.29, 1.82) is 0 Å². The molecule has 0 aromatic rings. The maximum absolute atomic E-state index is 8.55. The second-order valence-corrected chi connectivity index (χ2v) is 1.34. The van der Waals surface area contributed by atoms with Gasteiger partial charge in [-0.05, 0) is 0 Å². The summed E-state index contributed by atoms with van der Waals surface area (Å²) in [7, 11) is -5.39.